The fourth-order valence-electron chi connectivity index (χ4n) is 1.90. The topological polar surface area (TPSA) is 102 Å². The van der Waals surface area contributed by atoms with Crippen molar-refractivity contribution in [3.63, 3.8) is 0 Å². The summed E-state index contributed by atoms with van der Waals surface area (Å²) in [5.41, 5.74) is 0.850. The number of carbonyl (C=O) groups is 1. The Morgan fingerprint density at radius 2 is 2.05 bits per heavy atom. The van der Waals surface area contributed by atoms with Crippen molar-refractivity contribution in [2.24, 2.45) is 5.14 Å². The minimum Gasteiger partial charge on any atom is -0.455 e. The maximum absolute atomic E-state index is 12.1. The molecule has 0 saturated carbocycles. The predicted molar refractivity (Wildman–Crippen MR) is 86.4 cm³/mol. The molecule has 3 N–H and O–H groups in total. The third-order valence-corrected chi connectivity index (χ3v) is 4.55. The van der Waals surface area contributed by atoms with E-state index in [0.29, 0.717) is 22.8 Å². The van der Waals surface area contributed by atoms with Crippen molar-refractivity contribution in [1.82, 2.24) is 0 Å². The van der Waals surface area contributed by atoms with Gasteiger partial charge in [-0.1, -0.05) is 6.07 Å². The lowest BCUT2D eigenvalue weighted by Crippen LogP contribution is -2.15. The van der Waals surface area contributed by atoms with Crippen LogP contribution in [0.25, 0.3) is 0 Å². The molecule has 0 fully saturated rings. The number of nitrogens with one attached hydrogen (secondary N) is 1. The van der Waals surface area contributed by atoms with Gasteiger partial charge < -0.3 is 9.73 Å². The van der Waals surface area contributed by atoms with Gasteiger partial charge >= 0.3 is 0 Å². The second kappa shape index (κ2) is 6.55. The number of furan rings is 1. The quantitative estimate of drug-likeness (QED) is 0.870. The molecule has 0 unspecified atom stereocenters. The first kappa shape index (κ1) is 16.6. The summed E-state index contributed by atoms with van der Waals surface area (Å²) in [7, 11) is -3.84. The van der Waals surface area contributed by atoms with Gasteiger partial charge in [-0.25, -0.2) is 13.6 Å². The molecule has 2 rings (SSSR count). The highest BCUT2D eigenvalue weighted by Gasteiger charge is 2.15. The number of sulfonamides is 1. The predicted octanol–water partition coefficient (Wildman–Crippen LogP) is 2.35. The molecule has 1 heterocycles. The van der Waals surface area contributed by atoms with Gasteiger partial charge in [0.2, 0.25) is 10.0 Å². The Morgan fingerprint density at radius 1 is 1.32 bits per heavy atom. The molecule has 22 heavy (non-hydrogen) atoms. The summed E-state index contributed by atoms with van der Waals surface area (Å²) < 4.78 is 28.4. The Kier molecular flexibility index (Phi) is 4.94. The van der Waals surface area contributed by atoms with E-state index in [1.54, 1.807) is 43.0 Å². The number of amides is 1. The third kappa shape index (κ3) is 3.90. The maximum atomic E-state index is 12.1. The Hall–Kier alpha value is -1.77. The van der Waals surface area contributed by atoms with Gasteiger partial charge in [-0.15, -0.1) is 0 Å². The molecule has 0 atom stereocenters. The van der Waals surface area contributed by atoms with E-state index in [-0.39, 0.29) is 10.7 Å². The van der Waals surface area contributed by atoms with Crippen molar-refractivity contribution in [2.45, 2.75) is 17.6 Å². The Labute approximate surface area is 133 Å². The lowest BCUT2D eigenvalue weighted by atomic mass is 10.2. The van der Waals surface area contributed by atoms with Crippen LogP contribution in [0.3, 0.4) is 0 Å². The van der Waals surface area contributed by atoms with Crippen molar-refractivity contribution < 1.29 is 17.6 Å². The van der Waals surface area contributed by atoms with Crippen molar-refractivity contribution >= 4 is 33.4 Å². The second-order valence-electron chi connectivity index (χ2n) is 4.68. The number of benzene rings is 1. The van der Waals surface area contributed by atoms with Gasteiger partial charge in [-0.3, -0.25) is 4.79 Å². The van der Waals surface area contributed by atoms with Crippen LogP contribution < -0.4 is 10.5 Å². The van der Waals surface area contributed by atoms with E-state index >= 15 is 0 Å². The first-order valence-corrected chi connectivity index (χ1v) is 9.27. The first-order valence-electron chi connectivity index (χ1n) is 6.33. The standard InChI is InChI=1S/C14H16N2O4S2/c1-9-3-4-10(7-13(9)22(15,18)19)16-14(17)12-6-5-11(20-12)8-21-2/h3-7H,8H2,1-2H3,(H,16,17)(H2,15,18,19). The van der Waals surface area contributed by atoms with Crippen LogP contribution in [0.2, 0.25) is 0 Å². The number of hydrogen-bond acceptors (Lipinski definition) is 5. The summed E-state index contributed by atoms with van der Waals surface area (Å²) in [6.07, 6.45) is 1.93. The average molecular weight is 340 g/mol. The number of aryl methyl sites for hydroxylation is 1. The Bertz CT molecular complexity index is 797. The van der Waals surface area contributed by atoms with E-state index in [4.69, 9.17) is 9.56 Å². The number of nitrogens with two attached hydrogens (primary N) is 1. The minimum atomic E-state index is -3.84. The number of rotatable bonds is 5. The highest BCUT2D eigenvalue weighted by atomic mass is 32.2. The largest absolute Gasteiger partial charge is 0.455 e. The van der Waals surface area contributed by atoms with Crippen LogP contribution in [0.15, 0.2) is 39.6 Å². The van der Waals surface area contributed by atoms with E-state index in [0.717, 1.165) is 0 Å². The Balaban J connectivity index is 2.21. The smallest absolute Gasteiger partial charge is 0.291 e. The lowest BCUT2D eigenvalue weighted by Gasteiger charge is -2.08. The Morgan fingerprint density at radius 3 is 2.68 bits per heavy atom. The van der Waals surface area contributed by atoms with Gasteiger partial charge in [0.05, 0.1) is 10.6 Å². The van der Waals surface area contributed by atoms with Crippen molar-refractivity contribution in [3.05, 3.63) is 47.4 Å². The molecule has 0 radical (unpaired) electrons. The number of hydrogen-bond donors (Lipinski definition) is 2. The van der Waals surface area contributed by atoms with Gasteiger partial charge in [0, 0.05) is 5.69 Å². The van der Waals surface area contributed by atoms with E-state index in [2.05, 4.69) is 5.32 Å². The molecule has 1 amide bonds. The molecular formula is C14H16N2O4S2. The van der Waals surface area contributed by atoms with Gasteiger partial charge in [-0.2, -0.15) is 11.8 Å². The average Bonchev–Trinajstić information content (AvgIpc) is 2.89. The van der Waals surface area contributed by atoms with Crippen molar-refractivity contribution in [2.75, 3.05) is 11.6 Å². The summed E-state index contributed by atoms with van der Waals surface area (Å²) in [5.74, 6) is 1.10. The van der Waals surface area contributed by atoms with Crippen LogP contribution >= 0.6 is 11.8 Å². The van der Waals surface area contributed by atoms with E-state index in [1.165, 1.54) is 6.07 Å². The molecule has 8 heteroatoms. The van der Waals surface area contributed by atoms with Gasteiger partial charge in [0.1, 0.15) is 5.76 Å². The van der Waals surface area contributed by atoms with Gasteiger partial charge in [0.15, 0.2) is 5.76 Å². The van der Waals surface area contributed by atoms with Crippen molar-refractivity contribution in [1.29, 1.82) is 0 Å². The fraction of sp³-hybridized carbons (Fsp3) is 0.214. The lowest BCUT2D eigenvalue weighted by molar-refractivity contribution is 0.0995. The van der Waals surface area contributed by atoms with Crippen LogP contribution in [-0.2, 0) is 15.8 Å². The fourth-order valence-corrected chi connectivity index (χ4v) is 3.14. The highest BCUT2D eigenvalue weighted by molar-refractivity contribution is 7.97. The molecule has 2 aromatic rings. The van der Waals surface area contributed by atoms with Crippen molar-refractivity contribution in [3.8, 4) is 0 Å². The van der Waals surface area contributed by atoms with Crippen LogP contribution in [0, 0.1) is 6.92 Å². The highest BCUT2D eigenvalue weighted by Crippen LogP contribution is 2.20. The monoisotopic (exact) mass is 340 g/mol. The number of primary sulfonamides is 1. The molecule has 0 aliphatic heterocycles. The van der Waals surface area contributed by atoms with Gasteiger partial charge in [0.25, 0.3) is 5.91 Å². The van der Waals surface area contributed by atoms with Crippen LogP contribution in [0.5, 0.6) is 0 Å². The summed E-state index contributed by atoms with van der Waals surface area (Å²) in [6.45, 7) is 1.63. The summed E-state index contributed by atoms with van der Waals surface area (Å²) in [6, 6.07) is 7.82. The molecule has 1 aromatic heterocycles. The van der Waals surface area contributed by atoms with Crippen LogP contribution in [-0.4, -0.2) is 20.6 Å². The van der Waals surface area contributed by atoms with E-state index in [9.17, 15) is 13.2 Å². The summed E-state index contributed by atoms with van der Waals surface area (Å²) in [5, 5.41) is 7.74. The molecule has 0 bridgehead atoms. The second-order valence-corrected chi connectivity index (χ2v) is 7.07. The zero-order valence-electron chi connectivity index (χ0n) is 12.1. The molecule has 0 aliphatic rings. The van der Waals surface area contributed by atoms with E-state index < -0.39 is 15.9 Å². The zero-order valence-corrected chi connectivity index (χ0v) is 13.8. The molecule has 0 spiro atoms. The number of anilines is 1. The molecule has 0 saturated heterocycles. The van der Waals surface area contributed by atoms with Crippen LogP contribution in [0.4, 0.5) is 5.69 Å². The third-order valence-electron chi connectivity index (χ3n) is 2.92. The zero-order chi connectivity index (χ0) is 16.3. The SMILES string of the molecule is CSCc1ccc(C(=O)Nc2ccc(C)c(S(N)(=O)=O)c2)o1. The minimum absolute atomic E-state index is 0.0205. The maximum Gasteiger partial charge on any atom is 0.291 e. The van der Waals surface area contributed by atoms with Gasteiger partial charge in [-0.05, 0) is 43.0 Å². The number of carbonyl (C=O) groups excluding carboxylic acids is 1. The molecule has 6 nitrogen and oxygen atoms in total. The normalized spacial score (nSPS) is 11.4. The number of thioether (sulfide) groups is 1. The molecule has 118 valence electrons. The molecule has 1 aromatic carbocycles. The summed E-state index contributed by atoms with van der Waals surface area (Å²) in [4.78, 5) is 12.1. The summed E-state index contributed by atoms with van der Waals surface area (Å²) >= 11 is 1.58. The molecular weight excluding hydrogens is 324 g/mol. The first-order chi connectivity index (χ1) is 10.3. The van der Waals surface area contributed by atoms with E-state index in [1.807, 2.05) is 6.26 Å². The van der Waals surface area contributed by atoms with Crippen LogP contribution in [0.1, 0.15) is 21.9 Å². The molecule has 0 aliphatic carbocycles.